The number of carbonyl (C=O) groups is 2. The van der Waals surface area contributed by atoms with Gasteiger partial charge in [0.15, 0.2) is 0 Å². The van der Waals surface area contributed by atoms with Crippen LogP contribution < -0.4 is 14.8 Å². The van der Waals surface area contributed by atoms with Crippen LogP contribution >= 0.6 is 0 Å². The molecule has 0 spiro atoms. The zero-order valence-electron chi connectivity index (χ0n) is 21.1. The maximum absolute atomic E-state index is 13.1. The second-order valence-corrected chi connectivity index (χ2v) is 9.91. The van der Waals surface area contributed by atoms with Crippen LogP contribution in [0.5, 0.6) is 11.5 Å². The van der Waals surface area contributed by atoms with E-state index in [1.54, 1.807) is 7.11 Å². The van der Waals surface area contributed by atoms with Gasteiger partial charge < -0.3 is 19.9 Å². The predicted molar refractivity (Wildman–Crippen MR) is 137 cm³/mol. The van der Waals surface area contributed by atoms with E-state index in [9.17, 15) is 14.7 Å². The molecule has 2 aliphatic carbocycles. The summed E-state index contributed by atoms with van der Waals surface area (Å²) in [5.74, 6) is 0.238. The van der Waals surface area contributed by atoms with Crippen molar-refractivity contribution in [3.8, 4) is 22.6 Å². The van der Waals surface area contributed by atoms with Crippen LogP contribution in [0.1, 0.15) is 63.0 Å². The van der Waals surface area contributed by atoms with E-state index in [0.29, 0.717) is 19.4 Å². The SMILES string of the molecule is CCOc1cc(-c2ccc(NC(=O)[C@H]3CCCCC3C(=O)O)cc2CCC2CC2)cc(OC)c1C. The Kier molecular flexibility index (Phi) is 7.99. The van der Waals surface area contributed by atoms with Gasteiger partial charge in [0.2, 0.25) is 5.91 Å². The van der Waals surface area contributed by atoms with E-state index in [-0.39, 0.29) is 5.91 Å². The smallest absolute Gasteiger partial charge is 0.307 e. The molecule has 4 rings (SSSR count). The van der Waals surface area contributed by atoms with E-state index in [0.717, 1.165) is 65.5 Å². The number of methoxy groups -OCH3 is 1. The summed E-state index contributed by atoms with van der Waals surface area (Å²) in [5.41, 5.74) is 4.99. The first kappa shape index (κ1) is 25.1. The Balaban J connectivity index is 1.63. The monoisotopic (exact) mass is 479 g/mol. The lowest BCUT2D eigenvalue weighted by Crippen LogP contribution is -2.36. The van der Waals surface area contributed by atoms with Gasteiger partial charge in [-0.3, -0.25) is 9.59 Å². The fraction of sp³-hybridized carbons (Fsp3) is 0.517. The lowest BCUT2D eigenvalue weighted by Gasteiger charge is -2.27. The van der Waals surface area contributed by atoms with E-state index in [2.05, 4.69) is 17.4 Å². The Bertz CT molecular complexity index is 1070. The fourth-order valence-electron chi connectivity index (χ4n) is 5.24. The average Bonchev–Trinajstić information content (AvgIpc) is 3.69. The van der Waals surface area contributed by atoms with Gasteiger partial charge in [-0.1, -0.05) is 31.7 Å². The molecular weight excluding hydrogens is 442 g/mol. The normalized spacial score (nSPS) is 19.7. The number of hydrogen-bond acceptors (Lipinski definition) is 4. The van der Waals surface area contributed by atoms with Gasteiger partial charge in [-0.2, -0.15) is 0 Å². The summed E-state index contributed by atoms with van der Waals surface area (Å²) in [4.78, 5) is 24.7. The Morgan fingerprint density at radius 1 is 1.03 bits per heavy atom. The van der Waals surface area contributed by atoms with E-state index >= 15 is 0 Å². The lowest BCUT2D eigenvalue weighted by atomic mass is 9.78. The Hall–Kier alpha value is -3.02. The summed E-state index contributed by atoms with van der Waals surface area (Å²) in [6, 6.07) is 10.1. The molecule has 0 radical (unpaired) electrons. The molecule has 35 heavy (non-hydrogen) atoms. The summed E-state index contributed by atoms with van der Waals surface area (Å²) < 4.78 is 11.5. The van der Waals surface area contributed by atoms with Crippen LogP contribution in [-0.4, -0.2) is 30.7 Å². The second-order valence-electron chi connectivity index (χ2n) is 9.91. The highest BCUT2D eigenvalue weighted by atomic mass is 16.5. The van der Waals surface area contributed by atoms with Crippen molar-refractivity contribution >= 4 is 17.6 Å². The highest BCUT2D eigenvalue weighted by Crippen LogP contribution is 2.39. The maximum atomic E-state index is 13.1. The quantitative estimate of drug-likeness (QED) is 0.421. The average molecular weight is 480 g/mol. The summed E-state index contributed by atoms with van der Waals surface area (Å²) >= 11 is 0. The van der Waals surface area contributed by atoms with Gasteiger partial charge in [0, 0.05) is 11.3 Å². The molecule has 2 aliphatic rings. The number of rotatable bonds is 10. The summed E-state index contributed by atoms with van der Waals surface area (Å²) in [5, 5.41) is 12.6. The minimum Gasteiger partial charge on any atom is -0.496 e. The van der Waals surface area contributed by atoms with Crippen LogP contribution in [-0.2, 0) is 16.0 Å². The lowest BCUT2D eigenvalue weighted by molar-refractivity contribution is -0.147. The van der Waals surface area contributed by atoms with Crippen molar-refractivity contribution in [2.75, 3.05) is 19.0 Å². The van der Waals surface area contributed by atoms with E-state index in [4.69, 9.17) is 9.47 Å². The zero-order chi connectivity index (χ0) is 24.9. The number of amides is 1. The third-order valence-electron chi connectivity index (χ3n) is 7.45. The first-order chi connectivity index (χ1) is 16.9. The third kappa shape index (κ3) is 5.98. The molecule has 0 saturated heterocycles. The van der Waals surface area contributed by atoms with Gasteiger partial charge in [-0.15, -0.1) is 0 Å². The van der Waals surface area contributed by atoms with Crippen molar-refractivity contribution in [1.82, 2.24) is 0 Å². The summed E-state index contributed by atoms with van der Waals surface area (Å²) in [7, 11) is 1.67. The number of carboxylic acids is 1. The molecule has 0 bridgehead atoms. The first-order valence-electron chi connectivity index (χ1n) is 12.9. The number of ether oxygens (including phenoxy) is 2. The molecule has 188 valence electrons. The molecule has 1 unspecified atom stereocenters. The minimum absolute atomic E-state index is 0.186. The summed E-state index contributed by atoms with van der Waals surface area (Å²) in [6.07, 6.45) is 7.57. The first-order valence-corrected chi connectivity index (χ1v) is 12.9. The van der Waals surface area contributed by atoms with Gasteiger partial charge >= 0.3 is 5.97 Å². The van der Waals surface area contributed by atoms with E-state index in [1.165, 1.54) is 18.4 Å². The van der Waals surface area contributed by atoms with Crippen LogP contribution in [0.2, 0.25) is 0 Å². The maximum Gasteiger partial charge on any atom is 0.307 e. The zero-order valence-corrected chi connectivity index (χ0v) is 21.1. The highest BCUT2D eigenvalue weighted by Gasteiger charge is 2.35. The molecule has 2 N–H and O–H groups in total. The number of carbonyl (C=O) groups excluding carboxylic acids is 1. The molecule has 0 aromatic heterocycles. The molecule has 2 fully saturated rings. The van der Waals surface area contributed by atoms with Gasteiger partial charge in [-0.05, 0) is 86.4 Å². The van der Waals surface area contributed by atoms with Crippen molar-refractivity contribution in [2.45, 2.75) is 65.2 Å². The van der Waals surface area contributed by atoms with Crippen LogP contribution in [0, 0.1) is 24.7 Å². The second kappa shape index (κ2) is 11.1. The number of carboxylic acid groups (broad SMARTS) is 1. The number of hydrogen-bond donors (Lipinski definition) is 2. The molecule has 6 nitrogen and oxygen atoms in total. The van der Waals surface area contributed by atoms with Crippen LogP contribution in [0.25, 0.3) is 11.1 Å². The standard InChI is InChI=1S/C29H37NO5/c1-4-35-27-17-21(16-26(34-3)18(27)2)23-14-13-22(15-20(23)12-11-19-9-10-19)30-28(31)24-7-5-6-8-25(24)29(32)33/h13-17,19,24-25H,4-12H2,1-3H3,(H,30,31)(H,32,33)/t24-,25?/m0/s1. The molecule has 0 aliphatic heterocycles. The Morgan fingerprint density at radius 2 is 1.74 bits per heavy atom. The predicted octanol–water partition coefficient (Wildman–Crippen LogP) is 6.24. The van der Waals surface area contributed by atoms with Gasteiger partial charge in [0.1, 0.15) is 11.5 Å². The number of aliphatic carboxylic acids is 1. The molecule has 2 aromatic rings. The Morgan fingerprint density at radius 3 is 2.40 bits per heavy atom. The van der Waals surface area contributed by atoms with Crippen molar-refractivity contribution in [3.63, 3.8) is 0 Å². The Labute approximate surface area is 208 Å². The van der Waals surface area contributed by atoms with Crippen molar-refractivity contribution in [1.29, 1.82) is 0 Å². The number of aryl methyl sites for hydroxylation is 1. The molecule has 6 heteroatoms. The number of benzene rings is 2. The van der Waals surface area contributed by atoms with Crippen LogP contribution in [0.4, 0.5) is 5.69 Å². The van der Waals surface area contributed by atoms with Gasteiger partial charge in [0.25, 0.3) is 0 Å². The molecule has 2 aromatic carbocycles. The third-order valence-corrected chi connectivity index (χ3v) is 7.45. The van der Waals surface area contributed by atoms with Gasteiger partial charge in [0.05, 0.1) is 25.6 Å². The molecule has 2 atom stereocenters. The van der Waals surface area contributed by atoms with Crippen LogP contribution in [0.3, 0.4) is 0 Å². The molecule has 1 amide bonds. The largest absolute Gasteiger partial charge is 0.496 e. The number of nitrogens with one attached hydrogen (secondary N) is 1. The highest BCUT2D eigenvalue weighted by molar-refractivity contribution is 5.95. The minimum atomic E-state index is -0.872. The molecule has 0 heterocycles. The number of anilines is 1. The van der Waals surface area contributed by atoms with E-state index in [1.807, 2.05) is 32.0 Å². The van der Waals surface area contributed by atoms with Crippen molar-refractivity contribution in [3.05, 3.63) is 41.5 Å². The van der Waals surface area contributed by atoms with E-state index < -0.39 is 17.8 Å². The topological polar surface area (TPSA) is 84.9 Å². The van der Waals surface area contributed by atoms with Crippen molar-refractivity contribution < 1.29 is 24.2 Å². The summed E-state index contributed by atoms with van der Waals surface area (Å²) in [6.45, 7) is 4.54. The van der Waals surface area contributed by atoms with Crippen LogP contribution in [0.15, 0.2) is 30.3 Å². The fourth-order valence-corrected chi connectivity index (χ4v) is 5.24. The van der Waals surface area contributed by atoms with Gasteiger partial charge in [-0.25, -0.2) is 0 Å². The van der Waals surface area contributed by atoms with Crippen molar-refractivity contribution in [2.24, 2.45) is 17.8 Å². The molecule has 2 saturated carbocycles. The molecular formula is C29H37NO5.